The quantitative estimate of drug-likeness (QED) is 0.395. The third kappa shape index (κ3) is 6.79. The largest absolute Gasteiger partial charge is 0.483 e. The van der Waals surface area contributed by atoms with Crippen molar-refractivity contribution < 1.29 is 18.7 Å². The molecule has 1 aliphatic carbocycles. The van der Waals surface area contributed by atoms with Gasteiger partial charge in [0.15, 0.2) is 11.6 Å². The number of halogens is 1. The monoisotopic (exact) mass is 496 g/mol. The van der Waals surface area contributed by atoms with Crippen LogP contribution in [0.1, 0.15) is 53.7 Å². The van der Waals surface area contributed by atoms with Crippen LogP contribution in [0.2, 0.25) is 0 Å². The number of hydrogen-bond donors (Lipinski definition) is 3. The van der Waals surface area contributed by atoms with E-state index >= 15 is 0 Å². The Bertz CT molecular complexity index is 1150. The highest BCUT2D eigenvalue weighted by molar-refractivity contribution is 7.09. The average Bonchev–Trinajstić information content (AvgIpc) is 3.34. The molecular weight excluding hydrogens is 467 g/mol. The maximum absolute atomic E-state index is 13.7. The normalized spacial score (nSPS) is 17.4. The Morgan fingerprint density at radius 1 is 1.06 bits per heavy atom. The molecule has 0 saturated heterocycles. The summed E-state index contributed by atoms with van der Waals surface area (Å²) in [5.41, 5.74) is 2.21. The SMILES string of the molecule is CCc1ccc(NC(=O)N[C@@H]2CCCC[C@@H]2NC(=O)c2csc(COc3ccccc3F)n2)cc1. The Hall–Kier alpha value is -3.46. The van der Waals surface area contributed by atoms with Crippen molar-refractivity contribution in [3.63, 3.8) is 0 Å². The van der Waals surface area contributed by atoms with Gasteiger partial charge in [-0.2, -0.15) is 0 Å². The summed E-state index contributed by atoms with van der Waals surface area (Å²) in [6.07, 6.45) is 4.45. The van der Waals surface area contributed by atoms with Crippen molar-refractivity contribution in [2.24, 2.45) is 0 Å². The van der Waals surface area contributed by atoms with Gasteiger partial charge < -0.3 is 20.7 Å². The molecule has 35 heavy (non-hydrogen) atoms. The van der Waals surface area contributed by atoms with Gasteiger partial charge in [-0.25, -0.2) is 14.2 Å². The Balaban J connectivity index is 1.31. The maximum atomic E-state index is 13.7. The fourth-order valence-corrected chi connectivity index (χ4v) is 4.75. The summed E-state index contributed by atoms with van der Waals surface area (Å²) in [6, 6.07) is 13.2. The van der Waals surface area contributed by atoms with Gasteiger partial charge in [0, 0.05) is 17.1 Å². The minimum Gasteiger partial charge on any atom is -0.483 e. The molecule has 0 radical (unpaired) electrons. The number of aryl methyl sites for hydroxylation is 1. The molecule has 0 aliphatic heterocycles. The topological polar surface area (TPSA) is 92.4 Å². The van der Waals surface area contributed by atoms with Crippen molar-refractivity contribution in [1.82, 2.24) is 15.6 Å². The minimum atomic E-state index is -0.445. The van der Waals surface area contributed by atoms with Gasteiger partial charge in [0.2, 0.25) is 0 Å². The lowest BCUT2D eigenvalue weighted by Crippen LogP contribution is -2.54. The van der Waals surface area contributed by atoms with Gasteiger partial charge in [0.25, 0.3) is 5.91 Å². The second-order valence-electron chi connectivity index (χ2n) is 8.47. The van der Waals surface area contributed by atoms with E-state index in [1.165, 1.54) is 23.0 Å². The third-order valence-corrected chi connectivity index (χ3v) is 6.81. The van der Waals surface area contributed by atoms with Crippen LogP contribution in [-0.2, 0) is 13.0 Å². The zero-order valence-electron chi connectivity index (χ0n) is 19.6. The van der Waals surface area contributed by atoms with Crippen molar-refractivity contribution in [3.8, 4) is 5.75 Å². The lowest BCUT2D eigenvalue weighted by Gasteiger charge is -2.32. The highest BCUT2D eigenvalue weighted by Crippen LogP contribution is 2.21. The van der Waals surface area contributed by atoms with Crippen molar-refractivity contribution in [3.05, 3.63) is 76.0 Å². The first-order chi connectivity index (χ1) is 17.0. The van der Waals surface area contributed by atoms with Gasteiger partial charge in [-0.15, -0.1) is 11.3 Å². The van der Waals surface area contributed by atoms with E-state index in [9.17, 15) is 14.0 Å². The van der Waals surface area contributed by atoms with E-state index in [1.54, 1.807) is 23.6 Å². The summed E-state index contributed by atoms with van der Waals surface area (Å²) in [5, 5.41) is 11.1. The number of thiazole rings is 1. The molecule has 3 N–H and O–H groups in total. The second-order valence-corrected chi connectivity index (χ2v) is 9.41. The second kappa shape index (κ2) is 11.8. The highest BCUT2D eigenvalue weighted by atomic mass is 32.1. The predicted octanol–water partition coefficient (Wildman–Crippen LogP) is 5.29. The van der Waals surface area contributed by atoms with E-state index < -0.39 is 5.82 Å². The van der Waals surface area contributed by atoms with Gasteiger partial charge >= 0.3 is 6.03 Å². The van der Waals surface area contributed by atoms with E-state index in [1.807, 2.05) is 24.3 Å². The van der Waals surface area contributed by atoms with Crippen LogP contribution in [0.5, 0.6) is 5.75 Å². The molecule has 0 unspecified atom stereocenters. The number of ether oxygens (including phenoxy) is 1. The Morgan fingerprint density at radius 2 is 1.77 bits per heavy atom. The molecule has 3 aromatic rings. The summed E-state index contributed by atoms with van der Waals surface area (Å²) in [4.78, 5) is 29.7. The smallest absolute Gasteiger partial charge is 0.319 e. The first-order valence-electron chi connectivity index (χ1n) is 11.8. The van der Waals surface area contributed by atoms with Crippen LogP contribution < -0.4 is 20.7 Å². The number of para-hydroxylation sites is 1. The number of carbonyl (C=O) groups excluding carboxylic acids is 2. The molecule has 2 atom stereocenters. The fraction of sp³-hybridized carbons (Fsp3) is 0.346. The molecule has 3 amide bonds. The number of urea groups is 1. The van der Waals surface area contributed by atoms with Gasteiger partial charge in [-0.05, 0) is 49.1 Å². The van der Waals surface area contributed by atoms with Crippen LogP contribution in [0.4, 0.5) is 14.9 Å². The lowest BCUT2D eigenvalue weighted by molar-refractivity contribution is 0.0911. The molecule has 9 heteroatoms. The lowest BCUT2D eigenvalue weighted by atomic mass is 9.90. The van der Waals surface area contributed by atoms with E-state index in [-0.39, 0.29) is 42.1 Å². The number of rotatable bonds is 8. The third-order valence-electron chi connectivity index (χ3n) is 5.99. The predicted molar refractivity (Wildman–Crippen MR) is 134 cm³/mol. The standard InChI is InChI=1S/C26H29FN4O3S/c1-2-17-11-13-18(14-12-17)28-26(33)31-21-9-5-4-8-20(21)30-25(32)22-16-35-24(29-22)15-34-23-10-6-3-7-19(23)27/h3,6-7,10-14,16,20-21H,2,4-5,8-9,15H2,1H3,(H,30,32)(H2,28,31,33)/t20-,21+/m0/s1. The molecule has 1 fully saturated rings. The summed E-state index contributed by atoms with van der Waals surface area (Å²) >= 11 is 1.28. The van der Waals surface area contributed by atoms with Gasteiger partial charge in [0.05, 0.1) is 6.04 Å². The number of aromatic nitrogens is 1. The van der Waals surface area contributed by atoms with E-state index in [4.69, 9.17) is 4.74 Å². The maximum Gasteiger partial charge on any atom is 0.319 e. The number of hydrogen-bond acceptors (Lipinski definition) is 5. The van der Waals surface area contributed by atoms with Gasteiger partial charge in [0.1, 0.15) is 17.3 Å². The van der Waals surface area contributed by atoms with Crippen LogP contribution in [0.15, 0.2) is 53.9 Å². The first-order valence-corrected chi connectivity index (χ1v) is 12.7. The molecule has 4 rings (SSSR count). The number of carbonyl (C=O) groups is 2. The molecule has 0 spiro atoms. The van der Waals surface area contributed by atoms with Crippen LogP contribution in [-0.4, -0.2) is 29.0 Å². The number of nitrogens with one attached hydrogen (secondary N) is 3. The average molecular weight is 497 g/mol. The van der Waals surface area contributed by atoms with Crippen molar-refractivity contribution in [2.75, 3.05) is 5.32 Å². The molecule has 1 heterocycles. The van der Waals surface area contributed by atoms with Crippen molar-refractivity contribution >= 4 is 29.0 Å². The van der Waals surface area contributed by atoms with Crippen LogP contribution in [0.3, 0.4) is 0 Å². The van der Waals surface area contributed by atoms with Crippen LogP contribution in [0, 0.1) is 5.82 Å². The summed E-state index contributed by atoms with van der Waals surface area (Å²) < 4.78 is 19.2. The summed E-state index contributed by atoms with van der Waals surface area (Å²) in [5.74, 6) is -0.600. The number of amides is 3. The molecule has 0 bridgehead atoms. The van der Waals surface area contributed by atoms with E-state index in [0.717, 1.165) is 37.8 Å². The molecule has 184 valence electrons. The van der Waals surface area contributed by atoms with Gasteiger partial charge in [-0.3, -0.25) is 4.79 Å². The molecular formula is C26H29FN4O3S. The molecule has 7 nitrogen and oxygen atoms in total. The molecule has 2 aromatic carbocycles. The van der Waals surface area contributed by atoms with E-state index in [0.29, 0.717) is 5.01 Å². The molecule has 1 aromatic heterocycles. The Kier molecular flexibility index (Phi) is 8.31. The fourth-order valence-electron chi connectivity index (χ4n) is 4.06. The van der Waals surface area contributed by atoms with Crippen LogP contribution >= 0.6 is 11.3 Å². The number of anilines is 1. The van der Waals surface area contributed by atoms with Crippen molar-refractivity contribution in [2.45, 2.75) is 57.7 Å². The first kappa shape index (κ1) is 24.7. The summed E-state index contributed by atoms with van der Waals surface area (Å²) in [6.45, 7) is 2.16. The molecule has 1 saturated carbocycles. The summed E-state index contributed by atoms with van der Waals surface area (Å²) in [7, 11) is 0. The van der Waals surface area contributed by atoms with E-state index in [2.05, 4.69) is 27.9 Å². The number of benzene rings is 2. The zero-order valence-corrected chi connectivity index (χ0v) is 20.4. The Morgan fingerprint density at radius 3 is 2.49 bits per heavy atom. The molecule has 1 aliphatic rings. The highest BCUT2D eigenvalue weighted by Gasteiger charge is 2.28. The Labute approximate surface area is 208 Å². The van der Waals surface area contributed by atoms with Crippen LogP contribution in [0.25, 0.3) is 0 Å². The van der Waals surface area contributed by atoms with Gasteiger partial charge in [-0.1, -0.05) is 44.0 Å². The van der Waals surface area contributed by atoms with Crippen molar-refractivity contribution in [1.29, 1.82) is 0 Å². The zero-order chi connectivity index (χ0) is 24.6. The number of nitrogens with zero attached hydrogens (tertiary/aromatic N) is 1. The minimum absolute atomic E-state index is 0.0753.